The number of rotatable bonds is 5. The van der Waals surface area contributed by atoms with Crippen LogP contribution in [0.4, 0.5) is 0 Å². The molecule has 4 heteroatoms. The molecule has 0 fully saturated rings. The normalized spacial score (nSPS) is 11.3. The molecule has 0 aliphatic rings. The zero-order valence-electron chi connectivity index (χ0n) is 8.63. The highest BCUT2D eigenvalue weighted by atomic mass is 16.6. The van der Waals surface area contributed by atoms with Gasteiger partial charge in [-0.25, -0.2) is 0 Å². The molecule has 0 aromatic carbocycles. The summed E-state index contributed by atoms with van der Waals surface area (Å²) in [5, 5.41) is 12.4. The molecule has 0 aliphatic carbocycles. The molecule has 1 atom stereocenters. The Balaban J connectivity index is 2.27. The van der Waals surface area contributed by atoms with E-state index in [1.165, 1.54) is 0 Å². The Morgan fingerprint density at radius 1 is 1.73 bits per heavy atom. The van der Waals surface area contributed by atoms with Gasteiger partial charge in [0.1, 0.15) is 6.61 Å². The highest BCUT2D eigenvalue weighted by Crippen LogP contribution is 1.95. The molecule has 0 spiro atoms. The Hall–Kier alpha value is -1.64. The van der Waals surface area contributed by atoms with Gasteiger partial charge in [-0.15, -0.1) is 0 Å². The molecule has 0 bridgehead atoms. The number of hydrogen-bond acceptors (Lipinski definition) is 4. The molecule has 0 amide bonds. The minimum Gasteiger partial charge on any atom is -0.390 e. The Morgan fingerprint density at radius 3 is 3.27 bits per heavy atom. The maximum Gasteiger partial charge on any atom is 0.143 e. The van der Waals surface area contributed by atoms with Gasteiger partial charge in [0.15, 0.2) is 0 Å². The first-order valence-corrected chi connectivity index (χ1v) is 4.75. The third kappa shape index (κ3) is 5.62. The van der Waals surface area contributed by atoms with Crippen molar-refractivity contribution in [2.45, 2.75) is 19.4 Å². The standard InChI is InChI=1S/C11H14N2O2/c1-10(14)9-15-13-7-3-5-11-4-2-6-12-8-11/h2-4,6,8,10,14H,5,9H2,1H3. The molecule has 0 radical (unpaired) electrons. The summed E-state index contributed by atoms with van der Waals surface area (Å²) in [6.07, 6.45) is 5.48. The average molecular weight is 206 g/mol. The quantitative estimate of drug-likeness (QED) is 0.581. The second-order valence-corrected chi connectivity index (χ2v) is 3.13. The highest BCUT2D eigenvalue weighted by Gasteiger charge is 1.91. The Morgan fingerprint density at radius 2 is 2.60 bits per heavy atom. The SMILES string of the molecule is CC(O)CON=C=CCc1cccnc1. The summed E-state index contributed by atoms with van der Waals surface area (Å²) in [5.74, 6) is 2.63. The average Bonchev–Trinajstić information content (AvgIpc) is 2.24. The summed E-state index contributed by atoms with van der Waals surface area (Å²) < 4.78 is 0. The van der Waals surface area contributed by atoms with Gasteiger partial charge >= 0.3 is 0 Å². The van der Waals surface area contributed by atoms with Crippen molar-refractivity contribution in [3.63, 3.8) is 0 Å². The topological polar surface area (TPSA) is 54.7 Å². The van der Waals surface area contributed by atoms with Crippen LogP contribution in [0.3, 0.4) is 0 Å². The molecule has 1 aromatic rings. The van der Waals surface area contributed by atoms with Gasteiger partial charge < -0.3 is 9.94 Å². The van der Waals surface area contributed by atoms with Crippen LogP contribution in [-0.4, -0.2) is 28.7 Å². The number of aliphatic hydroxyl groups is 1. The summed E-state index contributed by atoms with van der Waals surface area (Å²) >= 11 is 0. The van der Waals surface area contributed by atoms with Gasteiger partial charge in [-0.05, 0) is 29.8 Å². The molecule has 1 heterocycles. The van der Waals surface area contributed by atoms with Crippen LogP contribution in [0.2, 0.25) is 0 Å². The smallest absolute Gasteiger partial charge is 0.143 e. The van der Waals surface area contributed by atoms with Gasteiger partial charge in [-0.3, -0.25) is 4.98 Å². The molecule has 15 heavy (non-hydrogen) atoms. The predicted molar refractivity (Wildman–Crippen MR) is 57.6 cm³/mol. The van der Waals surface area contributed by atoms with E-state index in [4.69, 9.17) is 9.94 Å². The third-order valence-corrected chi connectivity index (χ3v) is 1.58. The van der Waals surface area contributed by atoms with E-state index >= 15 is 0 Å². The Bertz CT molecular complexity index is 330. The molecule has 1 rings (SSSR count). The lowest BCUT2D eigenvalue weighted by molar-refractivity contribution is 0.0511. The Labute approximate surface area is 88.9 Å². The predicted octanol–water partition coefficient (Wildman–Crippen LogP) is 1.16. The van der Waals surface area contributed by atoms with Crippen molar-refractivity contribution in [1.29, 1.82) is 0 Å². The Kier molecular flexibility index (Phi) is 5.15. The fourth-order valence-electron chi connectivity index (χ4n) is 0.902. The fourth-order valence-corrected chi connectivity index (χ4v) is 0.902. The maximum atomic E-state index is 8.86. The second-order valence-electron chi connectivity index (χ2n) is 3.13. The van der Waals surface area contributed by atoms with Crippen LogP contribution in [0, 0.1) is 0 Å². The van der Waals surface area contributed by atoms with Crippen LogP contribution in [0.25, 0.3) is 0 Å². The van der Waals surface area contributed by atoms with Gasteiger partial charge in [0.05, 0.1) is 6.10 Å². The van der Waals surface area contributed by atoms with E-state index in [1.54, 1.807) is 25.4 Å². The van der Waals surface area contributed by atoms with Gasteiger partial charge in [-0.2, -0.15) is 0 Å². The van der Waals surface area contributed by atoms with Crippen molar-refractivity contribution in [1.82, 2.24) is 4.98 Å². The number of hydrogen-bond donors (Lipinski definition) is 1. The number of aliphatic hydroxyl groups excluding tert-OH is 1. The maximum absolute atomic E-state index is 8.86. The first-order chi connectivity index (χ1) is 7.29. The lowest BCUT2D eigenvalue weighted by Crippen LogP contribution is -2.06. The molecular weight excluding hydrogens is 192 g/mol. The van der Waals surface area contributed by atoms with Gasteiger partial charge in [-0.1, -0.05) is 6.07 Å². The molecule has 0 aliphatic heterocycles. The van der Waals surface area contributed by atoms with Crippen molar-refractivity contribution < 1.29 is 9.94 Å². The van der Waals surface area contributed by atoms with Crippen LogP contribution in [-0.2, 0) is 11.3 Å². The lowest BCUT2D eigenvalue weighted by Gasteiger charge is -1.98. The van der Waals surface area contributed by atoms with Crippen molar-refractivity contribution >= 4 is 5.87 Å². The summed E-state index contributed by atoms with van der Waals surface area (Å²) in [7, 11) is 0. The molecule has 80 valence electrons. The van der Waals surface area contributed by atoms with Gasteiger partial charge in [0, 0.05) is 24.7 Å². The van der Waals surface area contributed by atoms with Crippen LogP contribution >= 0.6 is 0 Å². The lowest BCUT2D eigenvalue weighted by atomic mass is 10.2. The molecule has 0 saturated carbocycles. The van der Waals surface area contributed by atoms with E-state index in [2.05, 4.69) is 16.0 Å². The van der Waals surface area contributed by atoms with Gasteiger partial charge in [0.25, 0.3) is 0 Å². The zero-order chi connectivity index (χ0) is 10.9. The number of nitrogens with zero attached hydrogens (tertiary/aromatic N) is 2. The van der Waals surface area contributed by atoms with Crippen LogP contribution in [0.5, 0.6) is 0 Å². The summed E-state index contributed by atoms with van der Waals surface area (Å²) in [4.78, 5) is 8.73. The van der Waals surface area contributed by atoms with E-state index < -0.39 is 6.10 Å². The highest BCUT2D eigenvalue weighted by molar-refractivity contribution is 5.51. The van der Waals surface area contributed by atoms with Crippen LogP contribution in [0.15, 0.2) is 35.8 Å². The van der Waals surface area contributed by atoms with E-state index in [9.17, 15) is 0 Å². The van der Waals surface area contributed by atoms with Crippen molar-refractivity contribution in [2.24, 2.45) is 5.16 Å². The summed E-state index contributed by atoms with van der Waals surface area (Å²) in [6, 6.07) is 3.85. The number of allylic oxidation sites excluding steroid dienone is 1. The zero-order valence-corrected chi connectivity index (χ0v) is 8.63. The molecule has 1 aromatic heterocycles. The minimum atomic E-state index is -0.506. The molecular formula is C11H14N2O2. The van der Waals surface area contributed by atoms with Crippen molar-refractivity contribution in [3.05, 3.63) is 36.2 Å². The molecule has 0 saturated heterocycles. The fraction of sp³-hybridized carbons (Fsp3) is 0.364. The van der Waals surface area contributed by atoms with Crippen LogP contribution in [0.1, 0.15) is 12.5 Å². The largest absolute Gasteiger partial charge is 0.390 e. The first-order valence-electron chi connectivity index (χ1n) is 4.75. The van der Waals surface area contributed by atoms with Gasteiger partial charge in [0.2, 0.25) is 0 Å². The minimum absolute atomic E-state index is 0.188. The number of pyridine rings is 1. The summed E-state index contributed by atoms with van der Waals surface area (Å²) in [5.41, 5.74) is 1.09. The molecule has 4 nitrogen and oxygen atoms in total. The van der Waals surface area contributed by atoms with E-state index in [1.807, 2.05) is 12.1 Å². The first kappa shape index (κ1) is 11.4. The monoisotopic (exact) mass is 206 g/mol. The number of aromatic nitrogens is 1. The molecule has 1 N–H and O–H groups in total. The third-order valence-electron chi connectivity index (χ3n) is 1.58. The van der Waals surface area contributed by atoms with E-state index in [0.29, 0.717) is 0 Å². The molecule has 1 unspecified atom stereocenters. The van der Waals surface area contributed by atoms with Crippen LogP contribution < -0.4 is 0 Å². The van der Waals surface area contributed by atoms with E-state index in [0.717, 1.165) is 12.0 Å². The second kappa shape index (κ2) is 6.76. The van der Waals surface area contributed by atoms with E-state index in [-0.39, 0.29) is 6.61 Å². The summed E-state index contributed by atoms with van der Waals surface area (Å²) in [6.45, 7) is 1.82. The van der Waals surface area contributed by atoms with Crippen molar-refractivity contribution in [2.75, 3.05) is 6.61 Å². The van der Waals surface area contributed by atoms with Crippen molar-refractivity contribution in [3.8, 4) is 0 Å².